The number of nitrogens with zero attached hydrogens (tertiary/aromatic N) is 2. The van der Waals surface area contributed by atoms with E-state index < -0.39 is 44.1 Å². The second kappa shape index (κ2) is 11.5. The lowest BCUT2D eigenvalue weighted by Gasteiger charge is -2.23. The summed E-state index contributed by atoms with van der Waals surface area (Å²) in [6.45, 7) is -0.604. The number of rotatable bonds is 9. The molecule has 0 aliphatic rings. The predicted octanol–water partition coefficient (Wildman–Crippen LogP) is 4.22. The van der Waals surface area contributed by atoms with Crippen LogP contribution >= 0.6 is 0 Å². The van der Waals surface area contributed by atoms with E-state index in [4.69, 9.17) is 5.21 Å². The largest absolute Gasteiger partial charge is 0.378 e. The SMILES string of the molecule is CN(C)c1ccc(CN(Cc2ccc(/C=C/C(=O)NO)cc2)S(=O)(=O)c2cc(F)c(F)c(F)c2F)cc1. The first-order valence-corrected chi connectivity index (χ1v) is 12.2. The van der Waals surface area contributed by atoms with Gasteiger partial charge in [0.2, 0.25) is 10.0 Å². The number of amides is 1. The van der Waals surface area contributed by atoms with Crippen molar-refractivity contribution in [3.63, 3.8) is 0 Å². The summed E-state index contributed by atoms with van der Waals surface area (Å²) in [5.74, 6) is -8.94. The van der Waals surface area contributed by atoms with Crippen LogP contribution in [0.1, 0.15) is 16.7 Å². The molecule has 3 aromatic rings. The molecule has 0 saturated carbocycles. The summed E-state index contributed by atoms with van der Waals surface area (Å²) in [6.07, 6.45) is 2.47. The molecule has 37 heavy (non-hydrogen) atoms. The number of hydroxylamine groups is 1. The molecule has 0 aliphatic heterocycles. The summed E-state index contributed by atoms with van der Waals surface area (Å²) in [5.41, 5.74) is 3.77. The minimum atomic E-state index is -4.84. The van der Waals surface area contributed by atoms with Gasteiger partial charge in [0.25, 0.3) is 5.91 Å². The summed E-state index contributed by atoms with van der Waals surface area (Å²) in [7, 11) is -1.20. The van der Waals surface area contributed by atoms with Crippen molar-refractivity contribution in [1.82, 2.24) is 9.79 Å². The number of carbonyl (C=O) groups is 1. The van der Waals surface area contributed by atoms with Crippen LogP contribution in [-0.2, 0) is 27.9 Å². The molecular weight excluding hydrogens is 514 g/mol. The summed E-state index contributed by atoms with van der Waals surface area (Å²) >= 11 is 0. The Bertz CT molecular complexity index is 1410. The lowest BCUT2D eigenvalue weighted by Crippen LogP contribution is -2.31. The number of hydrogen-bond acceptors (Lipinski definition) is 5. The maximum absolute atomic E-state index is 14.5. The van der Waals surface area contributed by atoms with Crippen LogP contribution in [0.25, 0.3) is 6.08 Å². The number of nitrogens with one attached hydrogen (secondary N) is 1. The Morgan fingerprint density at radius 2 is 1.43 bits per heavy atom. The molecule has 0 atom stereocenters. The van der Waals surface area contributed by atoms with E-state index in [-0.39, 0.29) is 19.2 Å². The third-order valence-corrected chi connectivity index (χ3v) is 7.17. The van der Waals surface area contributed by atoms with E-state index in [0.29, 0.717) is 16.7 Å². The molecule has 0 heterocycles. The minimum Gasteiger partial charge on any atom is -0.378 e. The van der Waals surface area contributed by atoms with Gasteiger partial charge in [0.15, 0.2) is 23.3 Å². The van der Waals surface area contributed by atoms with Crippen molar-refractivity contribution in [2.45, 2.75) is 18.0 Å². The first-order chi connectivity index (χ1) is 17.4. The van der Waals surface area contributed by atoms with Crippen molar-refractivity contribution in [1.29, 1.82) is 0 Å². The zero-order chi connectivity index (χ0) is 27.3. The van der Waals surface area contributed by atoms with Crippen LogP contribution < -0.4 is 10.4 Å². The number of hydrogen-bond donors (Lipinski definition) is 2. The summed E-state index contributed by atoms with van der Waals surface area (Å²) in [4.78, 5) is 11.6. The lowest BCUT2D eigenvalue weighted by atomic mass is 10.1. The van der Waals surface area contributed by atoms with Crippen LogP contribution in [-0.4, -0.2) is 37.9 Å². The van der Waals surface area contributed by atoms with E-state index in [0.717, 1.165) is 16.1 Å². The van der Waals surface area contributed by atoms with Crippen molar-refractivity contribution < 1.29 is 36.0 Å². The summed E-state index contributed by atoms with van der Waals surface area (Å²) in [5, 5.41) is 8.55. The van der Waals surface area contributed by atoms with Crippen molar-refractivity contribution in [3.05, 3.63) is 101 Å². The highest BCUT2D eigenvalue weighted by Crippen LogP contribution is 2.28. The number of sulfonamides is 1. The minimum absolute atomic E-state index is 0.116. The van der Waals surface area contributed by atoms with E-state index in [9.17, 15) is 30.8 Å². The fourth-order valence-electron chi connectivity index (χ4n) is 3.35. The van der Waals surface area contributed by atoms with Gasteiger partial charge in [0, 0.05) is 45.0 Å². The molecule has 0 bridgehead atoms. The molecule has 3 rings (SSSR count). The van der Waals surface area contributed by atoms with Gasteiger partial charge >= 0.3 is 0 Å². The van der Waals surface area contributed by atoms with Gasteiger partial charge in [-0.05, 0) is 34.9 Å². The Morgan fingerprint density at radius 1 is 0.892 bits per heavy atom. The van der Waals surface area contributed by atoms with Gasteiger partial charge in [-0.15, -0.1) is 0 Å². The monoisotopic (exact) mass is 537 g/mol. The molecule has 196 valence electrons. The van der Waals surface area contributed by atoms with Crippen LogP contribution in [0.5, 0.6) is 0 Å². The van der Waals surface area contributed by atoms with Gasteiger partial charge in [0.05, 0.1) is 0 Å². The van der Waals surface area contributed by atoms with Gasteiger partial charge in [0.1, 0.15) is 4.90 Å². The molecule has 0 saturated heterocycles. The van der Waals surface area contributed by atoms with Crippen LogP contribution in [0.4, 0.5) is 23.2 Å². The number of halogens is 4. The second-order valence-electron chi connectivity index (χ2n) is 8.18. The molecule has 0 aliphatic carbocycles. The number of anilines is 1. The molecule has 0 fully saturated rings. The molecule has 0 spiro atoms. The normalized spacial score (nSPS) is 11.8. The number of benzene rings is 3. The van der Waals surface area contributed by atoms with Crippen LogP contribution in [0, 0.1) is 23.3 Å². The highest BCUT2D eigenvalue weighted by molar-refractivity contribution is 7.89. The third kappa shape index (κ3) is 6.53. The van der Waals surface area contributed by atoms with E-state index in [1.807, 2.05) is 19.0 Å². The van der Waals surface area contributed by atoms with Crippen molar-refractivity contribution in [2.75, 3.05) is 19.0 Å². The standard InChI is InChI=1S/C25H23F4N3O4S/c1-31(2)19-10-7-18(8-11-19)15-32(14-17-5-3-16(4-6-17)9-12-22(33)30-34)37(35,36)21-13-20(26)23(27)25(29)24(21)28/h3-13,34H,14-15H2,1-2H3,(H,30,33)/b12-9+. The molecule has 2 N–H and O–H groups in total. The molecule has 0 aromatic heterocycles. The van der Waals surface area contributed by atoms with E-state index >= 15 is 0 Å². The van der Waals surface area contributed by atoms with Crippen LogP contribution in [0.3, 0.4) is 0 Å². The molecule has 0 unspecified atom stereocenters. The van der Waals surface area contributed by atoms with E-state index in [1.165, 1.54) is 23.7 Å². The van der Waals surface area contributed by atoms with Crippen molar-refractivity contribution in [2.24, 2.45) is 0 Å². The average molecular weight is 538 g/mol. The maximum Gasteiger partial charge on any atom is 0.267 e. The zero-order valence-electron chi connectivity index (χ0n) is 19.8. The topological polar surface area (TPSA) is 89.9 Å². The molecule has 0 radical (unpaired) electrons. The van der Waals surface area contributed by atoms with Gasteiger partial charge in [-0.1, -0.05) is 36.4 Å². The highest BCUT2D eigenvalue weighted by Gasteiger charge is 2.32. The number of carbonyl (C=O) groups excluding carboxylic acids is 1. The quantitative estimate of drug-likeness (QED) is 0.107. The Kier molecular flexibility index (Phi) is 8.69. The van der Waals surface area contributed by atoms with Gasteiger partial charge in [-0.3, -0.25) is 10.0 Å². The van der Waals surface area contributed by atoms with Crippen LogP contribution in [0.15, 0.2) is 65.6 Å². The lowest BCUT2D eigenvalue weighted by molar-refractivity contribution is -0.124. The Morgan fingerprint density at radius 3 is 1.95 bits per heavy atom. The van der Waals surface area contributed by atoms with Gasteiger partial charge in [-0.25, -0.2) is 31.5 Å². The van der Waals surface area contributed by atoms with Crippen molar-refractivity contribution >= 4 is 27.7 Å². The average Bonchev–Trinajstić information content (AvgIpc) is 2.88. The summed E-state index contributed by atoms with van der Waals surface area (Å²) < 4.78 is 83.3. The Hall–Kier alpha value is -3.74. The Labute approximate surface area is 211 Å². The second-order valence-corrected chi connectivity index (χ2v) is 10.1. The first-order valence-electron chi connectivity index (χ1n) is 10.7. The van der Waals surface area contributed by atoms with Crippen molar-refractivity contribution in [3.8, 4) is 0 Å². The van der Waals surface area contributed by atoms with Gasteiger partial charge in [-0.2, -0.15) is 4.31 Å². The smallest absolute Gasteiger partial charge is 0.267 e. The third-order valence-electron chi connectivity index (χ3n) is 5.37. The highest BCUT2D eigenvalue weighted by atomic mass is 32.2. The zero-order valence-corrected chi connectivity index (χ0v) is 20.6. The maximum atomic E-state index is 14.5. The molecule has 7 nitrogen and oxygen atoms in total. The Balaban J connectivity index is 2.00. The van der Waals surface area contributed by atoms with Crippen LogP contribution in [0.2, 0.25) is 0 Å². The first kappa shape index (κ1) is 27.8. The molecule has 1 amide bonds. The van der Waals surface area contributed by atoms with E-state index in [1.54, 1.807) is 36.4 Å². The fourth-order valence-corrected chi connectivity index (χ4v) is 4.84. The molecular formula is C25H23F4N3O4S. The fraction of sp³-hybridized carbons (Fsp3) is 0.160. The van der Waals surface area contributed by atoms with E-state index in [2.05, 4.69) is 0 Å². The molecule has 12 heteroatoms. The molecule has 3 aromatic carbocycles. The predicted molar refractivity (Wildman–Crippen MR) is 129 cm³/mol. The van der Waals surface area contributed by atoms with Gasteiger partial charge < -0.3 is 4.90 Å². The summed E-state index contributed by atoms with van der Waals surface area (Å²) in [6, 6.07) is 13.1.